The maximum atomic E-state index is 9.65. The standard InChI is InChI=1S/C16H25NO3/c1-12(18)13-6-8-17(9-7-13)11-14-10-15(19-2)4-5-16(14)20-3/h4-5,10,12-13,18H,6-9,11H2,1-3H3. The van der Waals surface area contributed by atoms with E-state index in [4.69, 9.17) is 9.47 Å². The quantitative estimate of drug-likeness (QED) is 0.898. The Labute approximate surface area is 121 Å². The van der Waals surface area contributed by atoms with Crippen LogP contribution in [-0.4, -0.2) is 43.4 Å². The fraction of sp³-hybridized carbons (Fsp3) is 0.625. The van der Waals surface area contributed by atoms with Crippen molar-refractivity contribution >= 4 is 0 Å². The molecule has 1 heterocycles. The number of hydrogen-bond donors (Lipinski definition) is 1. The molecule has 1 atom stereocenters. The molecule has 1 N–H and O–H groups in total. The topological polar surface area (TPSA) is 41.9 Å². The van der Waals surface area contributed by atoms with Crippen molar-refractivity contribution in [2.24, 2.45) is 5.92 Å². The Morgan fingerprint density at radius 2 is 1.95 bits per heavy atom. The molecule has 1 aromatic carbocycles. The fourth-order valence-corrected chi connectivity index (χ4v) is 2.84. The molecule has 1 saturated heterocycles. The molecule has 0 spiro atoms. The van der Waals surface area contributed by atoms with Crippen LogP contribution in [0.25, 0.3) is 0 Å². The van der Waals surface area contributed by atoms with Gasteiger partial charge in [0.05, 0.1) is 20.3 Å². The minimum atomic E-state index is -0.191. The van der Waals surface area contributed by atoms with E-state index in [0.29, 0.717) is 5.92 Å². The first-order valence-electron chi connectivity index (χ1n) is 7.25. The van der Waals surface area contributed by atoms with Crippen molar-refractivity contribution in [2.45, 2.75) is 32.4 Å². The van der Waals surface area contributed by atoms with Gasteiger partial charge in [-0.2, -0.15) is 0 Å². The third-order valence-electron chi connectivity index (χ3n) is 4.20. The molecular formula is C16H25NO3. The van der Waals surface area contributed by atoms with E-state index in [9.17, 15) is 5.11 Å². The summed E-state index contributed by atoms with van der Waals surface area (Å²) in [6.07, 6.45) is 1.93. The fourth-order valence-electron chi connectivity index (χ4n) is 2.84. The normalized spacial score (nSPS) is 18.8. The van der Waals surface area contributed by atoms with Crippen molar-refractivity contribution in [1.29, 1.82) is 0 Å². The highest BCUT2D eigenvalue weighted by Crippen LogP contribution is 2.27. The Kier molecular flexibility index (Phi) is 5.26. The van der Waals surface area contributed by atoms with Crippen LogP contribution in [0.5, 0.6) is 11.5 Å². The minimum absolute atomic E-state index is 0.191. The van der Waals surface area contributed by atoms with Gasteiger partial charge in [0, 0.05) is 12.1 Å². The van der Waals surface area contributed by atoms with E-state index in [1.54, 1.807) is 14.2 Å². The number of benzene rings is 1. The molecule has 1 aliphatic rings. The van der Waals surface area contributed by atoms with Gasteiger partial charge in [-0.3, -0.25) is 4.90 Å². The van der Waals surface area contributed by atoms with Crippen molar-refractivity contribution in [3.8, 4) is 11.5 Å². The molecule has 112 valence electrons. The molecule has 1 fully saturated rings. The van der Waals surface area contributed by atoms with Gasteiger partial charge in [-0.25, -0.2) is 0 Å². The number of ether oxygens (including phenoxy) is 2. The van der Waals surface area contributed by atoms with E-state index in [2.05, 4.69) is 4.90 Å². The largest absolute Gasteiger partial charge is 0.497 e. The van der Waals surface area contributed by atoms with Crippen LogP contribution in [0.1, 0.15) is 25.3 Å². The maximum absolute atomic E-state index is 9.65. The zero-order chi connectivity index (χ0) is 14.5. The number of aliphatic hydroxyl groups excluding tert-OH is 1. The summed E-state index contributed by atoms with van der Waals surface area (Å²) in [7, 11) is 3.38. The second kappa shape index (κ2) is 6.95. The predicted octanol–water partition coefficient (Wildman–Crippen LogP) is 2.30. The second-order valence-electron chi connectivity index (χ2n) is 5.53. The van der Waals surface area contributed by atoms with Crippen molar-refractivity contribution < 1.29 is 14.6 Å². The van der Waals surface area contributed by atoms with Crippen LogP contribution in [0.4, 0.5) is 0 Å². The summed E-state index contributed by atoms with van der Waals surface area (Å²) in [5, 5.41) is 9.65. The van der Waals surface area contributed by atoms with Crippen LogP contribution in [0.2, 0.25) is 0 Å². The molecule has 2 rings (SSSR count). The maximum Gasteiger partial charge on any atom is 0.123 e. The van der Waals surface area contributed by atoms with Crippen LogP contribution in [0.15, 0.2) is 18.2 Å². The zero-order valence-corrected chi connectivity index (χ0v) is 12.6. The van der Waals surface area contributed by atoms with Crippen molar-refractivity contribution in [1.82, 2.24) is 4.90 Å². The lowest BCUT2D eigenvalue weighted by Crippen LogP contribution is -2.36. The van der Waals surface area contributed by atoms with E-state index >= 15 is 0 Å². The SMILES string of the molecule is COc1ccc(OC)c(CN2CCC(C(C)O)CC2)c1. The molecule has 0 amide bonds. The highest BCUT2D eigenvalue weighted by atomic mass is 16.5. The number of piperidine rings is 1. The lowest BCUT2D eigenvalue weighted by molar-refractivity contribution is 0.0692. The van der Waals surface area contributed by atoms with E-state index in [0.717, 1.165) is 49.5 Å². The average Bonchev–Trinajstić information content (AvgIpc) is 2.47. The van der Waals surface area contributed by atoms with Gasteiger partial charge in [-0.05, 0) is 57.0 Å². The molecule has 0 aromatic heterocycles. The van der Waals surface area contributed by atoms with E-state index < -0.39 is 0 Å². The summed E-state index contributed by atoms with van der Waals surface area (Å²) in [5.41, 5.74) is 1.15. The highest BCUT2D eigenvalue weighted by molar-refractivity contribution is 5.40. The summed E-state index contributed by atoms with van der Waals surface area (Å²) >= 11 is 0. The first-order chi connectivity index (χ1) is 9.63. The molecular weight excluding hydrogens is 254 g/mol. The number of methoxy groups -OCH3 is 2. The first kappa shape index (κ1) is 15.1. The lowest BCUT2D eigenvalue weighted by Gasteiger charge is -2.33. The number of likely N-dealkylation sites (tertiary alicyclic amines) is 1. The summed E-state index contributed by atoms with van der Waals surface area (Å²) in [5.74, 6) is 2.21. The van der Waals surface area contributed by atoms with Crippen LogP contribution < -0.4 is 9.47 Å². The van der Waals surface area contributed by atoms with Gasteiger partial charge >= 0.3 is 0 Å². The number of hydrogen-bond acceptors (Lipinski definition) is 4. The zero-order valence-electron chi connectivity index (χ0n) is 12.6. The summed E-state index contributed by atoms with van der Waals surface area (Å²) < 4.78 is 10.7. The lowest BCUT2D eigenvalue weighted by atomic mass is 9.92. The Morgan fingerprint density at radius 3 is 2.50 bits per heavy atom. The van der Waals surface area contributed by atoms with Gasteiger partial charge in [0.2, 0.25) is 0 Å². The van der Waals surface area contributed by atoms with Crippen molar-refractivity contribution in [2.75, 3.05) is 27.3 Å². The van der Waals surface area contributed by atoms with Crippen LogP contribution in [0, 0.1) is 5.92 Å². The van der Waals surface area contributed by atoms with Crippen LogP contribution >= 0.6 is 0 Å². The smallest absolute Gasteiger partial charge is 0.123 e. The minimum Gasteiger partial charge on any atom is -0.497 e. The molecule has 1 aromatic rings. The highest BCUT2D eigenvalue weighted by Gasteiger charge is 2.23. The number of rotatable bonds is 5. The summed E-state index contributed by atoms with van der Waals surface area (Å²) in [4.78, 5) is 2.41. The molecule has 20 heavy (non-hydrogen) atoms. The molecule has 4 nitrogen and oxygen atoms in total. The summed E-state index contributed by atoms with van der Waals surface area (Å²) in [6, 6.07) is 5.91. The van der Waals surface area contributed by atoms with E-state index in [1.165, 1.54) is 0 Å². The number of aliphatic hydroxyl groups is 1. The molecule has 0 radical (unpaired) electrons. The van der Waals surface area contributed by atoms with Crippen molar-refractivity contribution in [3.63, 3.8) is 0 Å². The Morgan fingerprint density at radius 1 is 1.25 bits per heavy atom. The van der Waals surface area contributed by atoms with E-state index in [-0.39, 0.29) is 6.10 Å². The van der Waals surface area contributed by atoms with Gasteiger partial charge < -0.3 is 14.6 Å². The van der Waals surface area contributed by atoms with Gasteiger partial charge in [-0.15, -0.1) is 0 Å². The second-order valence-corrected chi connectivity index (χ2v) is 5.53. The van der Waals surface area contributed by atoms with Gasteiger partial charge in [-0.1, -0.05) is 0 Å². The average molecular weight is 279 g/mol. The van der Waals surface area contributed by atoms with Gasteiger partial charge in [0.25, 0.3) is 0 Å². The first-order valence-corrected chi connectivity index (χ1v) is 7.25. The van der Waals surface area contributed by atoms with Crippen LogP contribution in [0.3, 0.4) is 0 Å². The Bertz CT molecular complexity index is 426. The molecule has 0 saturated carbocycles. The molecule has 4 heteroatoms. The molecule has 0 aliphatic carbocycles. The number of nitrogens with zero attached hydrogens (tertiary/aromatic N) is 1. The molecule has 1 unspecified atom stereocenters. The Balaban J connectivity index is 2.00. The van der Waals surface area contributed by atoms with Gasteiger partial charge in [0.1, 0.15) is 11.5 Å². The van der Waals surface area contributed by atoms with E-state index in [1.807, 2.05) is 25.1 Å². The Hall–Kier alpha value is -1.26. The van der Waals surface area contributed by atoms with Crippen LogP contribution in [-0.2, 0) is 6.54 Å². The van der Waals surface area contributed by atoms with Crippen molar-refractivity contribution in [3.05, 3.63) is 23.8 Å². The monoisotopic (exact) mass is 279 g/mol. The predicted molar refractivity (Wildman–Crippen MR) is 79.2 cm³/mol. The molecule has 1 aliphatic heterocycles. The summed E-state index contributed by atoms with van der Waals surface area (Å²) in [6.45, 7) is 4.81. The molecule has 0 bridgehead atoms. The third kappa shape index (κ3) is 3.64. The third-order valence-corrected chi connectivity index (χ3v) is 4.20. The van der Waals surface area contributed by atoms with Gasteiger partial charge in [0.15, 0.2) is 0 Å².